The number of anilines is 2. The highest BCUT2D eigenvalue weighted by Crippen LogP contribution is 2.34. The average molecular weight is 545 g/mol. The van der Waals surface area contributed by atoms with Gasteiger partial charge in [-0.15, -0.1) is 11.3 Å². The molecule has 0 spiro atoms. The van der Waals surface area contributed by atoms with Crippen molar-refractivity contribution in [2.75, 3.05) is 23.7 Å². The minimum absolute atomic E-state index is 0.116. The Bertz CT molecular complexity index is 1300. The number of imidazole rings is 1. The van der Waals surface area contributed by atoms with E-state index in [2.05, 4.69) is 15.2 Å². The monoisotopic (exact) mass is 544 g/mol. The van der Waals surface area contributed by atoms with Crippen LogP contribution in [-0.4, -0.2) is 63.5 Å². The molecule has 10 nitrogen and oxygen atoms in total. The topological polar surface area (TPSA) is 131 Å². The number of aromatic nitrogens is 4. The van der Waals surface area contributed by atoms with Crippen LogP contribution in [0, 0.1) is 0 Å². The van der Waals surface area contributed by atoms with Crippen LogP contribution in [0.15, 0.2) is 28.0 Å². The summed E-state index contributed by atoms with van der Waals surface area (Å²) in [4.78, 5) is 14.6. The van der Waals surface area contributed by atoms with Crippen LogP contribution in [0.1, 0.15) is 70.3 Å². The molecule has 0 radical (unpaired) electrons. The number of fused-ring (bicyclic) bond motifs is 1. The van der Waals surface area contributed by atoms with E-state index in [-0.39, 0.29) is 12.1 Å². The van der Waals surface area contributed by atoms with Crippen LogP contribution in [0.3, 0.4) is 0 Å². The highest BCUT2D eigenvalue weighted by atomic mass is 32.2. The summed E-state index contributed by atoms with van der Waals surface area (Å²) in [6.07, 6.45) is 12.2. The van der Waals surface area contributed by atoms with Gasteiger partial charge in [0.25, 0.3) is 10.0 Å². The highest BCUT2D eigenvalue weighted by Gasteiger charge is 2.31. The molecule has 4 N–H and O–H groups in total. The molecule has 0 amide bonds. The number of nitrogens with two attached hydrogens (primary N) is 1. The van der Waals surface area contributed by atoms with Crippen molar-refractivity contribution in [3.63, 3.8) is 0 Å². The first kappa shape index (κ1) is 25.0. The summed E-state index contributed by atoms with van der Waals surface area (Å²) in [5.41, 5.74) is 7.77. The fourth-order valence-corrected chi connectivity index (χ4v) is 8.56. The van der Waals surface area contributed by atoms with Gasteiger partial charge >= 0.3 is 0 Å². The van der Waals surface area contributed by atoms with Crippen molar-refractivity contribution in [1.29, 1.82) is 0 Å². The summed E-state index contributed by atoms with van der Waals surface area (Å²) in [5, 5.41) is 8.99. The van der Waals surface area contributed by atoms with Gasteiger partial charge in [0.05, 0.1) is 6.33 Å². The lowest BCUT2D eigenvalue weighted by atomic mass is 9.92. The van der Waals surface area contributed by atoms with Crippen molar-refractivity contribution in [3.8, 4) is 0 Å². The number of sulfonamides is 1. The lowest BCUT2D eigenvalue weighted by Gasteiger charge is -2.31. The van der Waals surface area contributed by atoms with Crippen molar-refractivity contribution < 1.29 is 8.42 Å². The molecule has 4 heterocycles. The van der Waals surface area contributed by atoms with Gasteiger partial charge in [-0.05, 0) is 62.8 Å². The molecule has 1 saturated heterocycles. The van der Waals surface area contributed by atoms with E-state index in [0.717, 1.165) is 55.5 Å². The van der Waals surface area contributed by atoms with E-state index < -0.39 is 10.0 Å². The molecule has 2 aliphatic carbocycles. The Hall–Kier alpha value is -2.28. The summed E-state index contributed by atoms with van der Waals surface area (Å²) >= 11 is 1.27. The fourth-order valence-electron chi connectivity index (χ4n) is 5.95. The number of piperidine rings is 1. The van der Waals surface area contributed by atoms with E-state index in [1.807, 2.05) is 6.33 Å². The molecule has 0 bridgehead atoms. The zero-order valence-corrected chi connectivity index (χ0v) is 22.7. The molecule has 0 unspecified atom stereocenters. The molecule has 12 heteroatoms. The SMILES string of the molecule is NC1CCC(Nc2nc(NC3CCN(S(=O)(=O)c4cccs4)CC3)c3ncn(C4CCCC4)c3n2)CC1. The van der Waals surface area contributed by atoms with Crippen LogP contribution in [0.4, 0.5) is 11.8 Å². The summed E-state index contributed by atoms with van der Waals surface area (Å²) in [5.74, 6) is 1.37. The second-order valence-electron chi connectivity index (χ2n) is 10.7. The Morgan fingerprint density at radius 1 is 0.946 bits per heavy atom. The minimum atomic E-state index is -3.42. The van der Waals surface area contributed by atoms with Gasteiger partial charge in [-0.25, -0.2) is 13.4 Å². The standard InChI is InChI=1S/C25H36N8O2S2/c26-17-7-9-18(10-8-17)29-25-30-23(22-24(31-25)33(16-27-22)20-4-1-2-5-20)28-19-11-13-32(14-12-19)37(34,35)21-6-3-15-36-21/h3,6,15-20H,1-2,4-5,7-14,26H2,(H2,28,29,30,31). The van der Waals surface area contributed by atoms with E-state index in [1.54, 1.807) is 21.8 Å². The van der Waals surface area contributed by atoms with E-state index >= 15 is 0 Å². The van der Waals surface area contributed by atoms with Crippen LogP contribution in [0.5, 0.6) is 0 Å². The molecule has 200 valence electrons. The second-order valence-corrected chi connectivity index (χ2v) is 13.8. The molecular weight excluding hydrogens is 508 g/mol. The van der Waals surface area contributed by atoms with Crippen molar-refractivity contribution >= 4 is 44.3 Å². The lowest BCUT2D eigenvalue weighted by Crippen LogP contribution is -2.42. The normalized spacial score (nSPS) is 24.6. The Morgan fingerprint density at radius 3 is 2.38 bits per heavy atom. The number of hydrogen-bond donors (Lipinski definition) is 3. The summed E-state index contributed by atoms with van der Waals surface area (Å²) in [7, 11) is -3.42. The van der Waals surface area contributed by atoms with Crippen molar-refractivity contribution in [1.82, 2.24) is 23.8 Å². The second kappa shape index (κ2) is 10.5. The average Bonchev–Trinajstić information content (AvgIpc) is 3.67. The largest absolute Gasteiger partial charge is 0.365 e. The quantitative estimate of drug-likeness (QED) is 0.408. The molecule has 0 atom stereocenters. The zero-order chi connectivity index (χ0) is 25.4. The number of thiophene rings is 1. The van der Waals surface area contributed by atoms with Gasteiger partial charge in [0.15, 0.2) is 17.0 Å². The lowest BCUT2D eigenvalue weighted by molar-refractivity contribution is 0.330. The van der Waals surface area contributed by atoms with E-state index in [1.165, 1.54) is 24.2 Å². The molecule has 2 saturated carbocycles. The summed E-state index contributed by atoms with van der Waals surface area (Å²) in [6.45, 7) is 0.964. The first-order valence-corrected chi connectivity index (χ1v) is 15.9. The maximum atomic E-state index is 12.9. The van der Waals surface area contributed by atoms with Gasteiger partial charge in [0.1, 0.15) is 4.21 Å². The van der Waals surface area contributed by atoms with Crippen LogP contribution in [-0.2, 0) is 10.0 Å². The number of rotatable bonds is 7. The molecule has 3 aromatic rings. The first-order valence-electron chi connectivity index (χ1n) is 13.5. The predicted molar refractivity (Wildman–Crippen MR) is 146 cm³/mol. The van der Waals surface area contributed by atoms with Crippen molar-refractivity contribution in [2.24, 2.45) is 5.73 Å². The maximum Gasteiger partial charge on any atom is 0.252 e. The number of nitrogens with zero attached hydrogens (tertiary/aromatic N) is 5. The van der Waals surface area contributed by atoms with E-state index in [4.69, 9.17) is 20.7 Å². The smallest absolute Gasteiger partial charge is 0.252 e. The zero-order valence-electron chi connectivity index (χ0n) is 21.1. The van der Waals surface area contributed by atoms with Gasteiger partial charge in [-0.2, -0.15) is 14.3 Å². The Kier molecular flexibility index (Phi) is 7.08. The van der Waals surface area contributed by atoms with Crippen LogP contribution in [0.2, 0.25) is 0 Å². The first-order chi connectivity index (χ1) is 18.0. The Labute approximate surface area is 222 Å². The number of nitrogens with one attached hydrogen (secondary N) is 2. The molecule has 37 heavy (non-hydrogen) atoms. The maximum absolute atomic E-state index is 12.9. The summed E-state index contributed by atoms with van der Waals surface area (Å²) in [6, 6.07) is 4.61. The Morgan fingerprint density at radius 2 is 1.68 bits per heavy atom. The van der Waals surface area contributed by atoms with Crippen molar-refractivity contribution in [3.05, 3.63) is 23.8 Å². The van der Waals surface area contributed by atoms with Gasteiger partial charge in [0, 0.05) is 37.3 Å². The third-order valence-electron chi connectivity index (χ3n) is 8.13. The van der Waals surface area contributed by atoms with Crippen molar-refractivity contribution in [2.45, 2.75) is 92.6 Å². The van der Waals surface area contributed by atoms with Crippen LogP contribution < -0.4 is 16.4 Å². The van der Waals surface area contributed by atoms with Gasteiger partial charge in [-0.1, -0.05) is 18.9 Å². The van der Waals surface area contributed by atoms with Crippen LogP contribution in [0.25, 0.3) is 11.2 Å². The van der Waals surface area contributed by atoms with Crippen LogP contribution >= 0.6 is 11.3 Å². The van der Waals surface area contributed by atoms with E-state index in [9.17, 15) is 8.42 Å². The molecule has 3 aromatic heterocycles. The molecular formula is C25H36N8O2S2. The highest BCUT2D eigenvalue weighted by molar-refractivity contribution is 7.91. The van der Waals surface area contributed by atoms with E-state index in [0.29, 0.717) is 48.2 Å². The third kappa shape index (κ3) is 5.21. The number of hydrogen-bond acceptors (Lipinski definition) is 9. The van der Waals surface area contributed by atoms with Gasteiger partial charge in [0.2, 0.25) is 5.95 Å². The Balaban J connectivity index is 1.22. The molecule has 6 rings (SSSR count). The fraction of sp³-hybridized carbons (Fsp3) is 0.640. The molecule has 3 fully saturated rings. The predicted octanol–water partition coefficient (Wildman–Crippen LogP) is 3.95. The molecule has 0 aromatic carbocycles. The summed E-state index contributed by atoms with van der Waals surface area (Å²) < 4.78 is 30.1. The minimum Gasteiger partial charge on any atom is -0.365 e. The van der Waals surface area contributed by atoms with Gasteiger partial charge < -0.3 is 20.9 Å². The molecule has 1 aliphatic heterocycles. The molecule has 3 aliphatic rings. The van der Waals surface area contributed by atoms with Gasteiger partial charge in [-0.3, -0.25) is 0 Å². The third-order valence-corrected chi connectivity index (χ3v) is 11.4.